The molecule has 0 aliphatic heterocycles. The molecule has 6 heteroatoms. The van der Waals surface area contributed by atoms with Crippen LogP contribution < -0.4 is 4.74 Å². The van der Waals surface area contributed by atoms with Crippen LogP contribution in [0.3, 0.4) is 0 Å². The zero-order valence-electron chi connectivity index (χ0n) is 9.64. The lowest BCUT2D eigenvalue weighted by Gasteiger charge is -2.17. The van der Waals surface area contributed by atoms with Gasteiger partial charge in [0.25, 0.3) is 0 Å². The van der Waals surface area contributed by atoms with E-state index in [0.717, 1.165) is 6.07 Å². The van der Waals surface area contributed by atoms with Crippen molar-refractivity contribution in [1.29, 1.82) is 0 Å². The van der Waals surface area contributed by atoms with Crippen LogP contribution in [0.25, 0.3) is 0 Å². The monoisotopic (exact) mass is 243 g/mol. The Morgan fingerprint density at radius 3 is 2.71 bits per heavy atom. The third kappa shape index (κ3) is 3.99. The highest BCUT2D eigenvalue weighted by Crippen LogP contribution is 2.29. The van der Waals surface area contributed by atoms with Crippen LogP contribution in [0.5, 0.6) is 5.75 Å². The summed E-state index contributed by atoms with van der Waals surface area (Å²) in [6.07, 6.45) is 0.249. The molecule has 1 aromatic rings. The number of rotatable bonds is 5. The molecule has 0 fully saturated rings. The number of nitro benzene ring substituents is 1. The van der Waals surface area contributed by atoms with Gasteiger partial charge in [-0.3, -0.25) is 10.1 Å². The number of benzene rings is 1. The highest BCUT2D eigenvalue weighted by atomic mass is 19.1. The van der Waals surface area contributed by atoms with Gasteiger partial charge in [-0.25, -0.2) is 4.39 Å². The van der Waals surface area contributed by atoms with Gasteiger partial charge in [-0.2, -0.15) is 0 Å². The zero-order chi connectivity index (χ0) is 13.1. The minimum Gasteiger partial charge on any atom is -0.485 e. The molecule has 0 aromatic heterocycles. The van der Waals surface area contributed by atoms with E-state index in [-0.39, 0.29) is 18.8 Å². The predicted molar refractivity (Wildman–Crippen MR) is 59.5 cm³/mol. The van der Waals surface area contributed by atoms with Crippen molar-refractivity contribution in [1.82, 2.24) is 0 Å². The summed E-state index contributed by atoms with van der Waals surface area (Å²) in [6, 6.07) is 3.51. The molecule has 1 N–H and O–H groups in total. The zero-order valence-corrected chi connectivity index (χ0v) is 9.64. The largest absolute Gasteiger partial charge is 0.485 e. The van der Waals surface area contributed by atoms with Crippen LogP contribution in [0.1, 0.15) is 20.3 Å². The summed E-state index contributed by atoms with van der Waals surface area (Å²) in [5.74, 6) is -1.17. The van der Waals surface area contributed by atoms with Crippen LogP contribution in [-0.4, -0.2) is 22.2 Å². The summed E-state index contributed by atoms with van der Waals surface area (Å²) < 4.78 is 18.4. The molecule has 0 spiro atoms. The van der Waals surface area contributed by atoms with E-state index in [2.05, 4.69) is 0 Å². The highest BCUT2D eigenvalue weighted by molar-refractivity contribution is 5.46. The first kappa shape index (κ1) is 13.4. The lowest BCUT2D eigenvalue weighted by Crippen LogP contribution is -2.22. The molecular formula is C11H14FNO4. The van der Waals surface area contributed by atoms with Gasteiger partial charge < -0.3 is 9.84 Å². The van der Waals surface area contributed by atoms with Gasteiger partial charge in [-0.15, -0.1) is 0 Å². The molecule has 0 unspecified atom stereocenters. The molecule has 0 bridgehead atoms. The average molecular weight is 243 g/mol. The molecule has 0 saturated carbocycles. The van der Waals surface area contributed by atoms with Crippen molar-refractivity contribution in [3.05, 3.63) is 34.1 Å². The van der Waals surface area contributed by atoms with E-state index in [9.17, 15) is 19.6 Å². The Morgan fingerprint density at radius 2 is 2.18 bits per heavy atom. The van der Waals surface area contributed by atoms with Crippen molar-refractivity contribution in [3.63, 3.8) is 0 Å². The van der Waals surface area contributed by atoms with Crippen molar-refractivity contribution >= 4 is 5.69 Å². The van der Waals surface area contributed by atoms with Crippen molar-refractivity contribution < 1.29 is 19.2 Å². The first-order chi connectivity index (χ1) is 7.81. The van der Waals surface area contributed by atoms with E-state index < -0.39 is 22.0 Å². The lowest BCUT2D eigenvalue weighted by molar-refractivity contribution is -0.386. The van der Waals surface area contributed by atoms with Crippen LogP contribution in [0, 0.1) is 15.9 Å². The molecule has 0 aliphatic carbocycles. The standard InChI is InChI=1S/C11H14FNO4/c1-11(2,14)6-7-17-10-8(12)4-3-5-9(10)13(15)16/h3-5,14H,6-7H2,1-2H3. The fourth-order valence-corrected chi connectivity index (χ4v) is 1.19. The van der Waals surface area contributed by atoms with Gasteiger partial charge in [-0.05, 0) is 19.9 Å². The summed E-state index contributed by atoms with van der Waals surface area (Å²) in [4.78, 5) is 9.94. The summed E-state index contributed by atoms with van der Waals surface area (Å²) in [6.45, 7) is 3.16. The second kappa shape index (κ2) is 5.09. The first-order valence-electron chi connectivity index (χ1n) is 5.09. The number of halogens is 1. The number of nitrogens with zero attached hydrogens (tertiary/aromatic N) is 1. The van der Waals surface area contributed by atoms with Crippen molar-refractivity contribution in [3.8, 4) is 5.75 Å². The third-order valence-electron chi connectivity index (χ3n) is 2.10. The quantitative estimate of drug-likeness (QED) is 0.636. The van der Waals surface area contributed by atoms with Gasteiger partial charge in [0, 0.05) is 12.5 Å². The average Bonchev–Trinajstić information content (AvgIpc) is 2.18. The Bertz CT molecular complexity index is 414. The molecule has 0 saturated heterocycles. The minimum absolute atomic E-state index is 0.00523. The van der Waals surface area contributed by atoms with Crippen LogP contribution in [0.4, 0.5) is 10.1 Å². The van der Waals surface area contributed by atoms with Gasteiger partial charge in [0.15, 0.2) is 5.82 Å². The fraction of sp³-hybridized carbons (Fsp3) is 0.455. The highest BCUT2D eigenvalue weighted by Gasteiger charge is 2.20. The van der Waals surface area contributed by atoms with E-state index in [1.54, 1.807) is 13.8 Å². The molecule has 0 radical (unpaired) electrons. The van der Waals surface area contributed by atoms with E-state index in [4.69, 9.17) is 4.74 Å². The SMILES string of the molecule is CC(C)(O)CCOc1c(F)cccc1[N+](=O)[O-]. The lowest BCUT2D eigenvalue weighted by atomic mass is 10.1. The van der Waals surface area contributed by atoms with E-state index >= 15 is 0 Å². The van der Waals surface area contributed by atoms with Crippen LogP contribution in [0.15, 0.2) is 18.2 Å². The number of aliphatic hydroxyl groups is 1. The van der Waals surface area contributed by atoms with E-state index in [1.807, 2.05) is 0 Å². The van der Waals surface area contributed by atoms with Crippen LogP contribution in [0.2, 0.25) is 0 Å². The molecule has 0 atom stereocenters. The molecule has 5 nitrogen and oxygen atoms in total. The van der Waals surface area contributed by atoms with Crippen LogP contribution in [-0.2, 0) is 0 Å². The Morgan fingerprint density at radius 1 is 1.53 bits per heavy atom. The van der Waals surface area contributed by atoms with Gasteiger partial charge >= 0.3 is 5.69 Å². The summed E-state index contributed by atoms with van der Waals surface area (Å²) in [7, 11) is 0. The Balaban J connectivity index is 2.79. The predicted octanol–water partition coefficient (Wildman–Crippen LogP) is 2.27. The number of para-hydroxylation sites is 1. The maximum atomic E-state index is 13.3. The number of nitro groups is 1. The molecular weight excluding hydrogens is 229 g/mol. The van der Waals surface area contributed by atoms with Gasteiger partial charge in [0.05, 0.1) is 17.1 Å². The maximum absolute atomic E-state index is 13.3. The first-order valence-corrected chi connectivity index (χ1v) is 5.09. The number of hydrogen-bond donors (Lipinski definition) is 1. The topological polar surface area (TPSA) is 72.6 Å². The summed E-state index contributed by atoms with van der Waals surface area (Å²) in [5.41, 5.74) is -1.37. The smallest absolute Gasteiger partial charge is 0.314 e. The Labute approximate surface area is 98.0 Å². The summed E-state index contributed by atoms with van der Waals surface area (Å²) >= 11 is 0. The van der Waals surface area contributed by atoms with Crippen LogP contribution >= 0.6 is 0 Å². The summed E-state index contributed by atoms with van der Waals surface area (Å²) in [5, 5.41) is 20.1. The fourth-order valence-electron chi connectivity index (χ4n) is 1.19. The molecule has 1 aromatic carbocycles. The van der Waals surface area contributed by atoms with Gasteiger partial charge in [0.2, 0.25) is 5.75 Å². The normalized spacial score (nSPS) is 11.3. The second-order valence-electron chi connectivity index (χ2n) is 4.26. The third-order valence-corrected chi connectivity index (χ3v) is 2.10. The van der Waals surface area contributed by atoms with E-state index in [0.29, 0.717) is 0 Å². The van der Waals surface area contributed by atoms with Crippen molar-refractivity contribution in [2.45, 2.75) is 25.9 Å². The number of hydrogen-bond acceptors (Lipinski definition) is 4. The Hall–Kier alpha value is -1.69. The Kier molecular flexibility index (Phi) is 4.01. The van der Waals surface area contributed by atoms with Gasteiger partial charge in [-0.1, -0.05) is 6.07 Å². The van der Waals surface area contributed by atoms with E-state index in [1.165, 1.54) is 12.1 Å². The van der Waals surface area contributed by atoms with Crippen molar-refractivity contribution in [2.24, 2.45) is 0 Å². The molecule has 0 amide bonds. The van der Waals surface area contributed by atoms with Gasteiger partial charge in [0.1, 0.15) is 0 Å². The second-order valence-corrected chi connectivity index (χ2v) is 4.26. The molecule has 0 aliphatic rings. The maximum Gasteiger partial charge on any atom is 0.314 e. The number of ether oxygens (including phenoxy) is 1. The van der Waals surface area contributed by atoms with Crippen molar-refractivity contribution in [2.75, 3.05) is 6.61 Å². The molecule has 17 heavy (non-hydrogen) atoms. The molecule has 1 rings (SSSR count). The molecule has 94 valence electrons. The minimum atomic E-state index is -0.958. The molecule has 0 heterocycles.